The summed E-state index contributed by atoms with van der Waals surface area (Å²) in [6.45, 7) is 0. The Kier molecular flexibility index (Phi) is 5.46. The van der Waals surface area contributed by atoms with Crippen molar-refractivity contribution in [3.05, 3.63) is 80.8 Å². The van der Waals surface area contributed by atoms with Crippen LogP contribution in [0.1, 0.15) is 30.6 Å². The van der Waals surface area contributed by atoms with Gasteiger partial charge in [0.2, 0.25) is 0 Å². The van der Waals surface area contributed by atoms with Crippen LogP contribution in [0.4, 0.5) is 5.69 Å². The number of thiazole rings is 1. The van der Waals surface area contributed by atoms with Gasteiger partial charge in [0.15, 0.2) is 0 Å². The molecule has 5 nitrogen and oxygen atoms in total. The average Bonchev–Trinajstić information content (AvgIpc) is 3.10. The molecule has 0 unspecified atom stereocenters. The molecule has 1 amide bonds. The molecule has 0 aliphatic carbocycles. The van der Waals surface area contributed by atoms with Gasteiger partial charge in [0.25, 0.3) is 5.91 Å². The molecular formula is C19H13ClN2O3S. The Labute approximate surface area is 158 Å². The molecule has 0 bridgehead atoms. The minimum atomic E-state index is -0.992. The maximum absolute atomic E-state index is 12.2. The van der Waals surface area contributed by atoms with E-state index in [1.54, 1.807) is 36.4 Å². The lowest BCUT2D eigenvalue weighted by Gasteiger charge is -2.06. The monoisotopic (exact) mass is 384 g/mol. The summed E-state index contributed by atoms with van der Waals surface area (Å²) in [6, 6.07) is 13.9. The molecule has 3 rings (SSSR count). The summed E-state index contributed by atoms with van der Waals surface area (Å²) in [4.78, 5) is 27.3. The first-order valence-corrected chi connectivity index (χ1v) is 8.75. The molecule has 0 aliphatic rings. The quantitative estimate of drug-likeness (QED) is 0.654. The lowest BCUT2D eigenvalue weighted by molar-refractivity contribution is 0.0701. The van der Waals surface area contributed by atoms with Crippen LogP contribution >= 0.6 is 22.9 Å². The standard InChI is InChI=1S/C19H13ClN2O3S/c20-14-7-5-13(6-8-14)18(23)22-15-3-1-2-12(10-15)4-9-17-21-11-16(26-17)19(24)25/h1-11H,(H,22,23)(H,24,25)/b9-4+. The summed E-state index contributed by atoms with van der Waals surface area (Å²) in [5, 5.41) is 12.9. The molecule has 130 valence electrons. The van der Waals surface area contributed by atoms with Gasteiger partial charge in [0.1, 0.15) is 9.88 Å². The van der Waals surface area contributed by atoms with Crippen molar-refractivity contribution in [2.45, 2.75) is 0 Å². The fourth-order valence-corrected chi connectivity index (χ4v) is 2.94. The van der Waals surface area contributed by atoms with Crippen LogP contribution in [0.25, 0.3) is 12.2 Å². The van der Waals surface area contributed by atoms with E-state index in [-0.39, 0.29) is 10.8 Å². The molecule has 26 heavy (non-hydrogen) atoms. The van der Waals surface area contributed by atoms with E-state index in [0.717, 1.165) is 16.9 Å². The van der Waals surface area contributed by atoms with Gasteiger partial charge in [-0.3, -0.25) is 4.79 Å². The van der Waals surface area contributed by atoms with Crippen LogP contribution in [0.2, 0.25) is 5.02 Å². The van der Waals surface area contributed by atoms with Crippen molar-refractivity contribution in [2.75, 3.05) is 5.32 Å². The second-order valence-electron chi connectivity index (χ2n) is 5.29. The topological polar surface area (TPSA) is 79.3 Å². The second-order valence-corrected chi connectivity index (χ2v) is 6.79. The van der Waals surface area contributed by atoms with Gasteiger partial charge in [-0.25, -0.2) is 9.78 Å². The Balaban J connectivity index is 1.71. The zero-order valence-corrected chi connectivity index (χ0v) is 14.9. The van der Waals surface area contributed by atoms with Crippen LogP contribution < -0.4 is 5.32 Å². The van der Waals surface area contributed by atoms with E-state index < -0.39 is 5.97 Å². The summed E-state index contributed by atoms with van der Waals surface area (Å²) in [5.41, 5.74) is 2.02. The number of aromatic carboxylic acids is 1. The van der Waals surface area contributed by atoms with Crippen LogP contribution in [0, 0.1) is 0 Å². The molecular weight excluding hydrogens is 372 g/mol. The number of anilines is 1. The minimum Gasteiger partial charge on any atom is -0.477 e. The third kappa shape index (κ3) is 4.56. The third-order valence-electron chi connectivity index (χ3n) is 3.40. The number of halogens is 1. The van der Waals surface area contributed by atoms with Gasteiger partial charge in [0, 0.05) is 16.3 Å². The van der Waals surface area contributed by atoms with Gasteiger partial charge < -0.3 is 10.4 Å². The highest BCUT2D eigenvalue weighted by atomic mass is 35.5. The molecule has 0 atom stereocenters. The van der Waals surface area contributed by atoms with Gasteiger partial charge in [-0.1, -0.05) is 29.8 Å². The number of nitrogens with one attached hydrogen (secondary N) is 1. The largest absolute Gasteiger partial charge is 0.477 e. The lowest BCUT2D eigenvalue weighted by Crippen LogP contribution is -2.11. The minimum absolute atomic E-state index is 0.189. The number of hydrogen-bond acceptors (Lipinski definition) is 4. The number of amides is 1. The van der Waals surface area contributed by atoms with Crippen molar-refractivity contribution in [1.82, 2.24) is 4.98 Å². The highest BCUT2D eigenvalue weighted by molar-refractivity contribution is 7.14. The van der Waals surface area contributed by atoms with E-state index in [1.807, 2.05) is 24.3 Å². The predicted octanol–water partition coefficient (Wildman–Crippen LogP) is 4.92. The average molecular weight is 385 g/mol. The van der Waals surface area contributed by atoms with E-state index in [2.05, 4.69) is 10.3 Å². The highest BCUT2D eigenvalue weighted by Gasteiger charge is 2.07. The number of carboxylic acids is 1. The van der Waals surface area contributed by atoms with Gasteiger partial charge in [-0.2, -0.15) is 0 Å². The Morgan fingerprint density at radius 1 is 1.12 bits per heavy atom. The molecule has 1 aromatic heterocycles. The Hall–Kier alpha value is -2.96. The van der Waals surface area contributed by atoms with Crippen LogP contribution in [-0.2, 0) is 0 Å². The molecule has 2 aromatic carbocycles. The van der Waals surface area contributed by atoms with Crippen LogP contribution in [0.5, 0.6) is 0 Å². The number of aromatic nitrogens is 1. The normalized spacial score (nSPS) is 10.8. The second kappa shape index (κ2) is 7.95. The van der Waals surface area contributed by atoms with Gasteiger partial charge >= 0.3 is 5.97 Å². The first kappa shape index (κ1) is 17.8. The lowest BCUT2D eigenvalue weighted by atomic mass is 10.1. The SMILES string of the molecule is O=C(Nc1cccc(/C=C/c2ncc(C(=O)O)s2)c1)c1ccc(Cl)cc1. The fourth-order valence-electron chi connectivity index (χ4n) is 2.16. The van der Waals surface area contributed by atoms with Gasteiger partial charge in [-0.05, 0) is 48.0 Å². The summed E-state index contributed by atoms with van der Waals surface area (Å²) in [7, 11) is 0. The third-order valence-corrected chi connectivity index (χ3v) is 4.61. The zero-order chi connectivity index (χ0) is 18.5. The fraction of sp³-hybridized carbons (Fsp3) is 0. The molecule has 1 heterocycles. The molecule has 7 heteroatoms. The first-order chi connectivity index (χ1) is 12.5. The van der Waals surface area contributed by atoms with E-state index in [0.29, 0.717) is 21.3 Å². The van der Waals surface area contributed by atoms with Crippen molar-refractivity contribution in [1.29, 1.82) is 0 Å². The highest BCUT2D eigenvalue weighted by Crippen LogP contribution is 2.18. The first-order valence-electron chi connectivity index (χ1n) is 7.55. The Bertz CT molecular complexity index is 980. The van der Waals surface area contributed by atoms with Crippen molar-refractivity contribution < 1.29 is 14.7 Å². The molecule has 0 saturated carbocycles. The van der Waals surface area contributed by atoms with Crippen molar-refractivity contribution in [2.24, 2.45) is 0 Å². The molecule has 0 aliphatic heterocycles. The van der Waals surface area contributed by atoms with Crippen LogP contribution in [0.15, 0.2) is 54.7 Å². The van der Waals surface area contributed by atoms with E-state index >= 15 is 0 Å². The Morgan fingerprint density at radius 3 is 2.58 bits per heavy atom. The molecule has 3 aromatic rings. The number of nitrogens with zero attached hydrogens (tertiary/aromatic N) is 1. The van der Waals surface area contributed by atoms with Crippen LogP contribution in [0.3, 0.4) is 0 Å². The number of rotatable bonds is 5. The Morgan fingerprint density at radius 2 is 1.88 bits per heavy atom. The molecule has 0 saturated heterocycles. The number of carbonyl (C=O) groups is 2. The number of hydrogen-bond donors (Lipinski definition) is 2. The zero-order valence-electron chi connectivity index (χ0n) is 13.3. The van der Waals surface area contributed by atoms with Crippen molar-refractivity contribution >= 4 is 52.7 Å². The molecule has 2 N–H and O–H groups in total. The predicted molar refractivity (Wildman–Crippen MR) is 104 cm³/mol. The molecule has 0 spiro atoms. The number of carboxylic acid groups (broad SMARTS) is 1. The molecule has 0 radical (unpaired) electrons. The van der Waals surface area contributed by atoms with Crippen LogP contribution in [-0.4, -0.2) is 22.0 Å². The van der Waals surface area contributed by atoms with Crippen molar-refractivity contribution in [3.8, 4) is 0 Å². The number of benzene rings is 2. The van der Waals surface area contributed by atoms with E-state index in [4.69, 9.17) is 16.7 Å². The molecule has 0 fully saturated rings. The van der Waals surface area contributed by atoms with Gasteiger partial charge in [-0.15, -0.1) is 11.3 Å². The summed E-state index contributed by atoms with van der Waals surface area (Å²) in [5.74, 6) is -1.22. The maximum atomic E-state index is 12.2. The smallest absolute Gasteiger partial charge is 0.347 e. The van der Waals surface area contributed by atoms with E-state index in [1.165, 1.54) is 6.20 Å². The summed E-state index contributed by atoms with van der Waals surface area (Å²) < 4.78 is 0. The van der Waals surface area contributed by atoms with E-state index in [9.17, 15) is 9.59 Å². The van der Waals surface area contributed by atoms with Crippen molar-refractivity contribution in [3.63, 3.8) is 0 Å². The van der Waals surface area contributed by atoms with Gasteiger partial charge in [0.05, 0.1) is 6.20 Å². The number of carbonyl (C=O) groups excluding carboxylic acids is 1. The maximum Gasteiger partial charge on any atom is 0.347 e. The summed E-state index contributed by atoms with van der Waals surface area (Å²) >= 11 is 6.92. The summed E-state index contributed by atoms with van der Waals surface area (Å²) in [6.07, 6.45) is 4.87.